The molecule has 0 radical (unpaired) electrons. The van der Waals surface area contributed by atoms with Crippen molar-refractivity contribution in [2.45, 2.75) is 51.6 Å². The van der Waals surface area contributed by atoms with E-state index in [0.717, 1.165) is 78.5 Å². The molecule has 6 bridgehead atoms. The highest BCUT2D eigenvalue weighted by molar-refractivity contribution is 7.80. The Labute approximate surface area is 406 Å². The molecule has 0 unspecified atom stereocenters. The number of hydrogen-bond acceptors (Lipinski definition) is 11. The lowest BCUT2D eigenvalue weighted by Gasteiger charge is -2.37. The van der Waals surface area contributed by atoms with Crippen molar-refractivity contribution in [2.75, 3.05) is 79.5 Å². The van der Waals surface area contributed by atoms with E-state index < -0.39 is 0 Å². The summed E-state index contributed by atoms with van der Waals surface area (Å²) in [6.45, 7) is 7.09. The van der Waals surface area contributed by atoms with Crippen LogP contribution in [0.5, 0.6) is 57.5 Å². The molecular formula is C55H62N4O8S. The lowest BCUT2D eigenvalue weighted by Crippen LogP contribution is -2.34. The van der Waals surface area contributed by atoms with Gasteiger partial charge < -0.3 is 48.5 Å². The lowest BCUT2D eigenvalue weighted by molar-refractivity contribution is 0.220. The first-order valence-electron chi connectivity index (χ1n) is 23.2. The van der Waals surface area contributed by atoms with Gasteiger partial charge in [0.15, 0.2) is 39.6 Å². The van der Waals surface area contributed by atoms with Crippen LogP contribution in [-0.4, -0.2) is 83.8 Å². The third-order valence-electron chi connectivity index (χ3n) is 12.7. The van der Waals surface area contributed by atoms with Crippen LogP contribution in [0.25, 0.3) is 0 Å². The number of methoxy groups -OCH3 is 4. The van der Waals surface area contributed by atoms with Crippen molar-refractivity contribution in [1.82, 2.24) is 9.80 Å². The van der Waals surface area contributed by atoms with Crippen LogP contribution in [0.4, 0.5) is 11.4 Å². The summed E-state index contributed by atoms with van der Waals surface area (Å²) < 4.78 is 47.9. The highest BCUT2D eigenvalue weighted by Gasteiger charge is 2.35. The van der Waals surface area contributed by atoms with Crippen molar-refractivity contribution in [2.24, 2.45) is 0 Å². The van der Waals surface area contributed by atoms with Gasteiger partial charge in [-0.2, -0.15) is 0 Å². The Balaban J connectivity index is 0.000000239. The van der Waals surface area contributed by atoms with Gasteiger partial charge in [0.2, 0.25) is 5.75 Å². The van der Waals surface area contributed by atoms with E-state index in [1.165, 1.54) is 22.3 Å². The van der Waals surface area contributed by atoms with Crippen molar-refractivity contribution in [3.8, 4) is 57.5 Å². The second-order valence-electron chi connectivity index (χ2n) is 16.9. The Kier molecular flexibility index (Phi) is 15.4. The fourth-order valence-corrected chi connectivity index (χ4v) is 9.41. The average Bonchev–Trinajstić information content (AvgIpc) is 3.35. The smallest absolute Gasteiger partial charge is 0.204 e. The van der Waals surface area contributed by atoms with Crippen molar-refractivity contribution >= 4 is 28.7 Å². The van der Waals surface area contributed by atoms with Gasteiger partial charge in [-0.05, 0) is 185 Å². The first-order valence-corrected chi connectivity index (χ1v) is 23.6. The zero-order valence-electron chi connectivity index (χ0n) is 40.3. The molecule has 10 rings (SSSR count). The minimum Gasteiger partial charge on any atom is -0.494 e. The molecule has 2 atom stereocenters. The zero-order valence-corrected chi connectivity index (χ0v) is 41.1. The molecular weight excluding hydrogens is 877 g/mol. The summed E-state index contributed by atoms with van der Waals surface area (Å²) in [5.74, 6) is 7.10. The van der Waals surface area contributed by atoms with Crippen molar-refractivity contribution in [3.63, 3.8) is 0 Å². The molecule has 6 aromatic carbocycles. The number of thiocarbonyl (C=S) groups is 1. The second-order valence-corrected chi connectivity index (χ2v) is 17.4. The predicted molar refractivity (Wildman–Crippen MR) is 273 cm³/mol. The maximum Gasteiger partial charge on any atom is 0.204 e. The van der Waals surface area contributed by atoms with Crippen LogP contribution in [0.3, 0.4) is 0 Å². The molecule has 0 saturated heterocycles. The highest BCUT2D eigenvalue weighted by Crippen LogP contribution is 2.52. The zero-order chi connectivity index (χ0) is 47.7. The van der Waals surface area contributed by atoms with Crippen molar-refractivity contribution in [1.29, 1.82) is 0 Å². The van der Waals surface area contributed by atoms with Gasteiger partial charge in [-0.1, -0.05) is 18.2 Å². The van der Waals surface area contributed by atoms with E-state index in [-0.39, 0.29) is 12.1 Å². The molecule has 0 saturated carbocycles. The van der Waals surface area contributed by atoms with Gasteiger partial charge in [0, 0.05) is 42.1 Å². The molecule has 4 heterocycles. The van der Waals surface area contributed by atoms with Crippen LogP contribution >= 0.6 is 12.2 Å². The molecule has 4 aliphatic rings. The fourth-order valence-electron chi connectivity index (χ4n) is 9.17. The summed E-state index contributed by atoms with van der Waals surface area (Å²) in [6.07, 6.45) is 3.37. The highest BCUT2D eigenvalue weighted by atomic mass is 32.1. The molecule has 0 aliphatic carbocycles. The van der Waals surface area contributed by atoms with Crippen molar-refractivity contribution < 1.29 is 37.9 Å². The summed E-state index contributed by atoms with van der Waals surface area (Å²) in [5.41, 5.74) is 8.97. The Bertz CT molecular complexity index is 2630. The molecule has 2 N–H and O–H groups in total. The maximum atomic E-state index is 7.03. The molecule has 0 aromatic heterocycles. The first-order chi connectivity index (χ1) is 33.1. The van der Waals surface area contributed by atoms with Crippen LogP contribution in [-0.2, 0) is 25.7 Å². The fraction of sp³-hybridized carbons (Fsp3) is 0.327. The Morgan fingerprint density at radius 2 is 1.13 bits per heavy atom. The molecule has 0 fully saturated rings. The molecule has 6 aromatic rings. The average molecular weight is 939 g/mol. The molecule has 4 aliphatic heterocycles. The third-order valence-corrected chi connectivity index (χ3v) is 12.9. The van der Waals surface area contributed by atoms with E-state index in [0.29, 0.717) is 58.6 Å². The lowest BCUT2D eigenvalue weighted by atomic mass is 9.87. The summed E-state index contributed by atoms with van der Waals surface area (Å²) >= 11 is 5.30. The van der Waals surface area contributed by atoms with Gasteiger partial charge >= 0.3 is 0 Å². The quantitative estimate of drug-likeness (QED) is 0.128. The number of hydrogen-bond donors (Lipinski definition) is 2. The molecule has 0 amide bonds. The van der Waals surface area contributed by atoms with E-state index in [2.05, 4.69) is 77.0 Å². The van der Waals surface area contributed by atoms with Gasteiger partial charge in [-0.25, -0.2) is 0 Å². The van der Waals surface area contributed by atoms with E-state index in [9.17, 15) is 0 Å². The number of nitrogens with zero attached hydrogens (tertiary/aromatic N) is 2. The van der Waals surface area contributed by atoms with Crippen LogP contribution in [0.1, 0.15) is 59.3 Å². The van der Waals surface area contributed by atoms with Crippen molar-refractivity contribution in [3.05, 3.63) is 143 Å². The van der Waals surface area contributed by atoms with Crippen LogP contribution in [0.2, 0.25) is 0 Å². The molecule has 68 heavy (non-hydrogen) atoms. The predicted octanol–water partition coefficient (Wildman–Crippen LogP) is 11.5. The number of benzene rings is 6. The monoisotopic (exact) mass is 938 g/mol. The second kappa shape index (κ2) is 22.0. The molecule has 12 nitrogen and oxygen atoms in total. The molecule has 13 heteroatoms. The van der Waals surface area contributed by atoms with E-state index in [4.69, 9.17) is 50.1 Å². The van der Waals surface area contributed by atoms with Crippen LogP contribution in [0, 0.1) is 0 Å². The first kappa shape index (κ1) is 47.8. The van der Waals surface area contributed by atoms with E-state index in [1.54, 1.807) is 28.4 Å². The van der Waals surface area contributed by atoms with E-state index in [1.807, 2.05) is 80.6 Å². The molecule has 356 valence electrons. The number of nitrogens with one attached hydrogen (secondary N) is 2. The SMILES string of the molecule is CCOc1ccc(NC(=S)Nc2ccc(OCC)cc2)cc1.COc1ccc2cc1Oc1ccc(cc1)C[C@H]1c3cc(c(OC)cc3CCN1C)Oc1c(OC)c(OC)cc3c1[C@H](C2)N(C)CC3. The molecule has 0 spiro atoms. The summed E-state index contributed by atoms with van der Waals surface area (Å²) in [4.78, 5) is 4.81. The van der Waals surface area contributed by atoms with Crippen LogP contribution < -0.4 is 48.5 Å². The minimum absolute atomic E-state index is 0.000437. The number of rotatable bonds is 10. The Morgan fingerprint density at radius 3 is 1.72 bits per heavy atom. The topological polar surface area (TPSA) is 104 Å². The number of ether oxygens (including phenoxy) is 8. The Hall–Kier alpha value is -6.67. The minimum atomic E-state index is 0.000437. The van der Waals surface area contributed by atoms with Gasteiger partial charge in [0.25, 0.3) is 0 Å². The normalized spacial score (nSPS) is 16.2. The van der Waals surface area contributed by atoms with Gasteiger partial charge in [0.1, 0.15) is 17.2 Å². The number of fused-ring (bicyclic) bond motifs is 2. The standard InChI is InChI=1S/C38H42N2O6.C17H20N2O2S/c1-39-15-13-25-20-32(42-4)34-22-28(25)29(39)17-23-7-10-27(11-8-23)45-33-19-24(9-12-31(33)41-3)18-30-36-26(14-16-40(30)2)21-35(43-5)37(44-6)38(36)46-34;1-3-20-15-9-5-13(6-10-15)18-17(22)19-14-7-11-16(12-8-14)21-4-2/h7-12,19-22,29-30H,13-18H2,1-6H3;5-12H,3-4H2,1-2H3,(H2,18,19,22)/t29-,30-;/m0./s1. The number of anilines is 2. The third kappa shape index (κ3) is 10.9. The van der Waals surface area contributed by atoms with Gasteiger partial charge in [-0.3, -0.25) is 9.80 Å². The summed E-state index contributed by atoms with van der Waals surface area (Å²) in [5, 5.41) is 6.80. The summed E-state index contributed by atoms with van der Waals surface area (Å²) in [6, 6.07) is 36.5. The summed E-state index contributed by atoms with van der Waals surface area (Å²) in [7, 11) is 11.1. The number of likely N-dealkylation sites (N-methyl/N-ethyl adjacent to an activating group) is 2. The van der Waals surface area contributed by atoms with E-state index >= 15 is 0 Å². The van der Waals surface area contributed by atoms with Crippen LogP contribution in [0.15, 0.2) is 109 Å². The van der Waals surface area contributed by atoms with Gasteiger partial charge in [0.05, 0.1) is 41.7 Å². The van der Waals surface area contributed by atoms with Gasteiger partial charge in [-0.15, -0.1) is 0 Å². The Morgan fingerprint density at radius 1 is 0.588 bits per heavy atom. The largest absolute Gasteiger partial charge is 0.494 e. The maximum absolute atomic E-state index is 7.03.